The molecular weight excluding hydrogens is 436 g/mol. The Morgan fingerprint density at radius 1 is 0.943 bits per heavy atom. The van der Waals surface area contributed by atoms with E-state index in [0.717, 1.165) is 17.0 Å². The molecule has 0 heterocycles. The van der Waals surface area contributed by atoms with E-state index in [1.54, 1.807) is 12.0 Å². The summed E-state index contributed by atoms with van der Waals surface area (Å²) in [4.78, 5) is 26.3. The quantitative estimate of drug-likeness (QED) is 0.396. The Bertz CT molecular complexity index is 1060. The fraction of sp³-hybridized carbons (Fsp3) is 0.333. The van der Waals surface area contributed by atoms with Crippen molar-refractivity contribution >= 4 is 17.5 Å². The van der Waals surface area contributed by atoms with E-state index >= 15 is 0 Å². The molecule has 5 heteroatoms. The first-order valence-electron chi connectivity index (χ1n) is 12.2. The van der Waals surface area contributed by atoms with Gasteiger partial charge in [0.15, 0.2) is 0 Å². The summed E-state index contributed by atoms with van der Waals surface area (Å²) in [7, 11) is 1.60. The van der Waals surface area contributed by atoms with E-state index in [4.69, 9.17) is 4.74 Å². The van der Waals surface area contributed by atoms with Crippen LogP contribution in [0.1, 0.15) is 46.7 Å². The Morgan fingerprint density at radius 2 is 1.60 bits per heavy atom. The molecule has 190 valence electrons. The van der Waals surface area contributed by atoms with E-state index in [1.165, 1.54) is 30.9 Å². The molecule has 0 aromatic heterocycles. The van der Waals surface area contributed by atoms with Crippen LogP contribution in [0.15, 0.2) is 78.9 Å². The van der Waals surface area contributed by atoms with Crippen molar-refractivity contribution in [3.8, 4) is 5.75 Å². The number of aryl methyl sites for hydroxylation is 2. The fourth-order valence-corrected chi connectivity index (χ4v) is 3.87. The van der Waals surface area contributed by atoms with Crippen LogP contribution in [0.5, 0.6) is 5.75 Å². The molecule has 5 nitrogen and oxygen atoms in total. The number of hydrogen-bond acceptors (Lipinski definition) is 3. The molecule has 0 aliphatic heterocycles. The number of ether oxygens (including phenoxy) is 1. The van der Waals surface area contributed by atoms with E-state index in [1.807, 2.05) is 61.5 Å². The Labute approximate surface area is 213 Å². The second-order valence-electron chi connectivity index (χ2n) is 8.46. The molecule has 0 saturated heterocycles. The number of benzene rings is 3. The molecule has 35 heavy (non-hydrogen) atoms. The molecule has 0 radical (unpaired) electrons. The normalized spacial score (nSPS) is 11.0. The lowest BCUT2D eigenvalue weighted by atomic mass is 10.0. The van der Waals surface area contributed by atoms with E-state index < -0.39 is 6.04 Å². The maximum atomic E-state index is 13.0. The van der Waals surface area contributed by atoms with Crippen LogP contribution in [0.2, 0.25) is 0 Å². The molecule has 0 aliphatic carbocycles. The predicted octanol–water partition coefficient (Wildman–Crippen LogP) is 6.24. The number of rotatable bonds is 9. The summed E-state index contributed by atoms with van der Waals surface area (Å²) in [6.07, 6.45) is 2.90. The van der Waals surface area contributed by atoms with Gasteiger partial charge in [0.25, 0.3) is 0 Å². The lowest BCUT2D eigenvalue weighted by molar-refractivity contribution is -0.126. The predicted molar refractivity (Wildman–Crippen MR) is 148 cm³/mol. The number of amides is 2. The van der Waals surface area contributed by atoms with Crippen LogP contribution in [0.4, 0.5) is 5.69 Å². The summed E-state index contributed by atoms with van der Waals surface area (Å²) >= 11 is 0. The van der Waals surface area contributed by atoms with Gasteiger partial charge in [-0.25, -0.2) is 0 Å². The van der Waals surface area contributed by atoms with E-state index in [-0.39, 0.29) is 14.7 Å². The molecule has 0 saturated carbocycles. The van der Waals surface area contributed by atoms with Crippen molar-refractivity contribution in [3.63, 3.8) is 0 Å². The number of carbonyl (C=O) groups excluding carboxylic acids is 2. The van der Waals surface area contributed by atoms with Gasteiger partial charge >= 0.3 is 0 Å². The third-order valence-electron chi connectivity index (χ3n) is 5.55. The number of anilines is 1. The van der Waals surface area contributed by atoms with Crippen molar-refractivity contribution < 1.29 is 17.2 Å². The molecule has 0 fully saturated rings. The van der Waals surface area contributed by atoms with Gasteiger partial charge in [0, 0.05) is 28.4 Å². The van der Waals surface area contributed by atoms with Crippen LogP contribution in [-0.4, -0.2) is 31.5 Å². The van der Waals surface area contributed by atoms with Crippen LogP contribution >= 0.6 is 0 Å². The average Bonchev–Trinajstić information content (AvgIpc) is 2.85. The van der Waals surface area contributed by atoms with Gasteiger partial charge < -0.3 is 15.0 Å². The maximum Gasteiger partial charge on any atom is 0.249 e. The van der Waals surface area contributed by atoms with E-state index in [2.05, 4.69) is 43.4 Å². The van der Waals surface area contributed by atoms with Crippen LogP contribution in [-0.2, 0) is 22.4 Å². The van der Waals surface area contributed by atoms with E-state index in [9.17, 15) is 9.59 Å². The third-order valence-corrected chi connectivity index (χ3v) is 5.55. The van der Waals surface area contributed by atoms with Gasteiger partial charge in [-0.3, -0.25) is 9.59 Å². The minimum absolute atomic E-state index is 0. The van der Waals surface area contributed by atoms with Crippen molar-refractivity contribution in [2.75, 3.05) is 18.6 Å². The zero-order chi connectivity index (χ0) is 25.6. The molecule has 3 aromatic rings. The molecule has 3 rings (SSSR count). The number of methoxy groups -OCH3 is 1. The number of nitrogens with one attached hydrogen (secondary N) is 1. The molecule has 3 aromatic carbocycles. The minimum Gasteiger partial charge on any atom is -0.497 e. The van der Waals surface area contributed by atoms with Crippen LogP contribution in [0.3, 0.4) is 0 Å². The second-order valence-corrected chi connectivity index (χ2v) is 8.46. The Hall–Kier alpha value is -3.60. The highest BCUT2D eigenvalue weighted by Crippen LogP contribution is 2.20. The highest BCUT2D eigenvalue weighted by molar-refractivity contribution is 5.99. The van der Waals surface area contributed by atoms with Crippen LogP contribution in [0.25, 0.3) is 0 Å². The largest absolute Gasteiger partial charge is 0.497 e. The van der Waals surface area contributed by atoms with Crippen LogP contribution < -0.4 is 15.0 Å². The standard InChI is InChI=1S/C20H24N2O3.C10H14.2H2/c1-4-22(17-10-12-18(25-3)13-11-17)20(24)19(21-15(2)23)14-16-8-6-5-7-9-16;1-3-5-10-7-4-6-9(2)8-10;;/h5-13,19H,4,14H2,1-3H3,(H,21,23);4,6-8H,3,5H2,1-2H3;2*1H/t19-;;;/m0.../s1. The molecule has 1 atom stereocenters. The number of hydrogen-bond donors (Lipinski definition) is 1. The van der Waals surface area contributed by atoms with Crippen molar-refractivity contribution in [2.24, 2.45) is 0 Å². The zero-order valence-electron chi connectivity index (χ0n) is 21.6. The smallest absolute Gasteiger partial charge is 0.249 e. The molecule has 2 amide bonds. The lowest BCUT2D eigenvalue weighted by Gasteiger charge is -2.27. The Balaban J connectivity index is 0.000000913. The first-order valence-corrected chi connectivity index (χ1v) is 12.2. The summed E-state index contributed by atoms with van der Waals surface area (Å²) in [6.45, 7) is 8.20. The van der Waals surface area contributed by atoms with Crippen molar-refractivity contribution in [2.45, 2.75) is 53.0 Å². The zero-order valence-corrected chi connectivity index (χ0v) is 21.6. The SMILES string of the molecule is CCCc1cccc(C)c1.CCN(C(=O)[C@H](Cc1ccccc1)NC(C)=O)c1ccc(OC)cc1.[HH].[HH]. The second kappa shape index (κ2) is 14.6. The Kier molecular flexibility index (Phi) is 11.5. The molecule has 0 unspecified atom stereocenters. The van der Waals surface area contributed by atoms with Crippen LogP contribution in [0, 0.1) is 6.92 Å². The summed E-state index contributed by atoms with van der Waals surface area (Å²) in [6, 6.07) is 25.1. The average molecular weight is 479 g/mol. The minimum atomic E-state index is -0.609. The fourth-order valence-electron chi connectivity index (χ4n) is 3.87. The summed E-state index contributed by atoms with van der Waals surface area (Å²) in [5, 5.41) is 2.78. The monoisotopic (exact) mass is 478 g/mol. The van der Waals surface area contributed by atoms with Crippen molar-refractivity contribution in [1.82, 2.24) is 5.32 Å². The number of likely N-dealkylation sites (N-methyl/N-ethyl adjacent to an activating group) is 1. The topological polar surface area (TPSA) is 58.6 Å². The van der Waals surface area contributed by atoms with Gasteiger partial charge in [0.05, 0.1) is 7.11 Å². The summed E-state index contributed by atoms with van der Waals surface area (Å²) < 4.78 is 5.16. The Morgan fingerprint density at radius 3 is 2.14 bits per heavy atom. The number of carbonyl (C=O) groups is 2. The van der Waals surface area contributed by atoms with Gasteiger partial charge in [-0.2, -0.15) is 0 Å². The van der Waals surface area contributed by atoms with Gasteiger partial charge in [-0.1, -0.05) is 73.5 Å². The molecule has 0 spiro atoms. The maximum absolute atomic E-state index is 13.0. The molecule has 0 aliphatic rings. The summed E-state index contributed by atoms with van der Waals surface area (Å²) in [5.74, 6) is 0.377. The van der Waals surface area contributed by atoms with Crippen molar-refractivity contribution in [3.05, 3.63) is 95.6 Å². The van der Waals surface area contributed by atoms with Gasteiger partial charge in [-0.05, 0) is 55.7 Å². The molecule has 1 N–H and O–H groups in total. The number of nitrogens with zero attached hydrogens (tertiary/aromatic N) is 1. The molecular formula is C30H42N2O3. The highest BCUT2D eigenvalue weighted by atomic mass is 16.5. The van der Waals surface area contributed by atoms with Gasteiger partial charge in [0.2, 0.25) is 11.8 Å². The molecule has 0 bridgehead atoms. The first kappa shape index (κ1) is 27.6. The van der Waals surface area contributed by atoms with E-state index in [0.29, 0.717) is 13.0 Å². The van der Waals surface area contributed by atoms with Crippen molar-refractivity contribution in [1.29, 1.82) is 0 Å². The highest BCUT2D eigenvalue weighted by Gasteiger charge is 2.25. The lowest BCUT2D eigenvalue weighted by Crippen LogP contribution is -2.49. The third kappa shape index (κ3) is 9.28. The summed E-state index contributed by atoms with van der Waals surface area (Å²) in [5.41, 5.74) is 4.60. The van der Waals surface area contributed by atoms with Gasteiger partial charge in [-0.15, -0.1) is 0 Å². The first-order chi connectivity index (χ1) is 16.9. The van der Waals surface area contributed by atoms with Gasteiger partial charge in [0.1, 0.15) is 11.8 Å².